The van der Waals surface area contributed by atoms with Crippen LogP contribution in [0.5, 0.6) is 0 Å². The molecule has 1 saturated carbocycles. The number of hydrogen-bond acceptors (Lipinski definition) is 3. The van der Waals surface area contributed by atoms with Crippen molar-refractivity contribution in [2.45, 2.75) is 50.3 Å². The number of hydrogen-bond donors (Lipinski definition) is 1. The molecule has 0 amide bonds. The maximum Gasteiger partial charge on any atom is 0.0832 e. The van der Waals surface area contributed by atoms with Gasteiger partial charge >= 0.3 is 0 Å². The third-order valence-electron chi connectivity index (χ3n) is 5.49. The van der Waals surface area contributed by atoms with Crippen molar-refractivity contribution < 1.29 is 5.11 Å². The molecule has 3 atom stereocenters. The van der Waals surface area contributed by atoms with Crippen molar-refractivity contribution in [1.82, 2.24) is 0 Å². The van der Waals surface area contributed by atoms with Crippen LogP contribution >= 0.6 is 0 Å². The fraction of sp³-hybridized carbons (Fsp3) is 0.400. The second-order valence-corrected chi connectivity index (χ2v) is 6.89. The summed E-state index contributed by atoms with van der Waals surface area (Å²) in [5.41, 5.74) is 13.8. The van der Waals surface area contributed by atoms with E-state index in [2.05, 4.69) is 63.5 Å². The van der Waals surface area contributed by atoms with Crippen LogP contribution < -0.4 is 4.90 Å². The first kappa shape index (κ1) is 16.0. The summed E-state index contributed by atoms with van der Waals surface area (Å²) in [6.45, 7) is 0. The number of benzene rings is 2. The van der Waals surface area contributed by atoms with E-state index in [1.54, 1.807) is 0 Å². The first-order valence-corrected chi connectivity index (χ1v) is 8.97. The summed E-state index contributed by atoms with van der Waals surface area (Å²) in [5, 5.41) is 14.8. The Balaban J connectivity index is 1.83. The van der Waals surface area contributed by atoms with Gasteiger partial charge in [-0.2, -0.15) is 0 Å². The van der Waals surface area contributed by atoms with E-state index in [4.69, 9.17) is 5.53 Å². The van der Waals surface area contributed by atoms with Crippen LogP contribution in [0.2, 0.25) is 0 Å². The molecular weight excluding hydrogens is 312 g/mol. The lowest BCUT2D eigenvalue weighted by molar-refractivity contribution is 0.0879. The average molecular weight is 334 g/mol. The Morgan fingerprint density at radius 3 is 2.16 bits per heavy atom. The van der Waals surface area contributed by atoms with Crippen molar-refractivity contribution >= 4 is 11.4 Å². The zero-order valence-corrected chi connectivity index (χ0v) is 14.1. The molecule has 4 rings (SSSR count). The Labute approximate surface area is 147 Å². The lowest BCUT2D eigenvalue weighted by Gasteiger charge is -2.42. The minimum atomic E-state index is -0.663. The average Bonchev–Trinajstić information content (AvgIpc) is 2.81. The highest BCUT2D eigenvalue weighted by atomic mass is 16.3. The number of aliphatic hydroxyl groups excluding tert-OH is 1. The molecule has 5 heteroatoms. The van der Waals surface area contributed by atoms with Gasteiger partial charge in [-0.05, 0) is 54.5 Å². The van der Waals surface area contributed by atoms with Crippen LogP contribution in [0.15, 0.2) is 53.6 Å². The first-order valence-electron chi connectivity index (χ1n) is 8.97. The molecule has 0 aromatic heterocycles. The second kappa shape index (κ2) is 6.79. The molecular formula is C20H22N4O. The van der Waals surface area contributed by atoms with Gasteiger partial charge in [0.1, 0.15) is 0 Å². The number of nitrogens with zero attached hydrogens (tertiary/aromatic N) is 4. The van der Waals surface area contributed by atoms with Gasteiger partial charge < -0.3 is 10.0 Å². The van der Waals surface area contributed by atoms with Crippen molar-refractivity contribution in [3.05, 3.63) is 70.1 Å². The summed E-state index contributed by atoms with van der Waals surface area (Å²) in [6.07, 6.45) is 3.91. The summed E-state index contributed by atoms with van der Waals surface area (Å²) in [6, 6.07) is 16.5. The first-order chi connectivity index (χ1) is 12.3. The molecule has 0 spiro atoms. The number of para-hydroxylation sites is 2. The lowest BCUT2D eigenvalue weighted by Crippen LogP contribution is -2.49. The Bertz CT molecular complexity index is 767. The summed E-state index contributed by atoms with van der Waals surface area (Å²) >= 11 is 0. The normalized spacial score (nSPS) is 25.3. The molecule has 1 heterocycles. The molecule has 0 radical (unpaired) electrons. The summed E-state index contributed by atoms with van der Waals surface area (Å²) in [7, 11) is 0. The van der Waals surface area contributed by atoms with Crippen molar-refractivity contribution in [2.24, 2.45) is 5.11 Å². The molecule has 2 unspecified atom stereocenters. The van der Waals surface area contributed by atoms with Gasteiger partial charge in [-0.25, -0.2) is 0 Å². The molecule has 5 nitrogen and oxygen atoms in total. The number of fused-ring (bicyclic) bond motifs is 2. The van der Waals surface area contributed by atoms with Crippen LogP contribution in [0.1, 0.15) is 30.4 Å². The number of aryl methyl sites for hydroxylation is 2. The predicted molar refractivity (Wildman–Crippen MR) is 99.0 cm³/mol. The van der Waals surface area contributed by atoms with E-state index in [1.807, 2.05) is 0 Å². The Hall–Kier alpha value is -2.49. The second-order valence-electron chi connectivity index (χ2n) is 6.89. The van der Waals surface area contributed by atoms with Crippen molar-refractivity contribution in [2.75, 3.05) is 4.90 Å². The van der Waals surface area contributed by atoms with Gasteiger partial charge in [-0.15, -0.1) is 0 Å². The van der Waals surface area contributed by atoms with Gasteiger partial charge in [-0.3, -0.25) is 0 Å². The molecule has 0 saturated heterocycles. The fourth-order valence-corrected chi connectivity index (χ4v) is 4.28. The highest BCUT2D eigenvalue weighted by molar-refractivity contribution is 5.72. The minimum Gasteiger partial charge on any atom is -0.391 e. The van der Waals surface area contributed by atoms with Crippen LogP contribution in [-0.4, -0.2) is 23.3 Å². The van der Waals surface area contributed by atoms with E-state index in [-0.39, 0.29) is 12.1 Å². The molecule has 1 aliphatic carbocycles. The van der Waals surface area contributed by atoms with E-state index >= 15 is 0 Å². The van der Waals surface area contributed by atoms with Crippen LogP contribution in [0.25, 0.3) is 10.4 Å². The van der Waals surface area contributed by atoms with Crippen molar-refractivity contribution in [3.63, 3.8) is 0 Å². The van der Waals surface area contributed by atoms with Crippen molar-refractivity contribution in [3.8, 4) is 0 Å². The zero-order chi connectivity index (χ0) is 17.2. The smallest absolute Gasteiger partial charge is 0.0832 e. The molecule has 2 aromatic carbocycles. The molecule has 128 valence electrons. The number of anilines is 2. The van der Waals surface area contributed by atoms with Gasteiger partial charge in [0.25, 0.3) is 0 Å². The quantitative estimate of drug-likeness (QED) is 0.498. The van der Waals surface area contributed by atoms with E-state index in [0.717, 1.165) is 43.5 Å². The van der Waals surface area contributed by atoms with Gasteiger partial charge in [-0.1, -0.05) is 47.9 Å². The standard InChI is InChI=1S/C20H22N4O/c21-23-22-16-8-5-11-19(20(16)25)24-17-9-3-1-6-14(17)12-13-15-7-2-4-10-18(15)24/h1-4,6-7,9-10,16,19-20,25H,5,8,11-13H2/t16?,19?,20-/m1/s1. The van der Waals surface area contributed by atoms with E-state index in [9.17, 15) is 5.11 Å². The van der Waals surface area contributed by atoms with Crippen molar-refractivity contribution in [1.29, 1.82) is 0 Å². The molecule has 1 N–H and O–H groups in total. The molecule has 0 bridgehead atoms. The van der Waals surface area contributed by atoms with Gasteiger partial charge in [0.05, 0.1) is 18.2 Å². The van der Waals surface area contributed by atoms with Gasteiger partial charge in [0.2, 0.25) is 0 Å². The predicted octanol–water partition coefficient (Wildman–Crippen LogP) is 4.52. The third kappa shape index (κ3) is 2.86. The van der Waals surface area contributed by atoms with E-state index < -0.39 is 6.10 Å². The molecule has 2 aliphatic rings. The maximum absolute atomic E-state index is 10.9. The SMILES string of the molecule is [N-]=[N+]=NC1CCCC(N2c3ccccc3CCc3ccccc32)[C@@H]1O. The van der Waals surface area contributed by atoms with E-state index in [0.29, 0.717) is 0 Å². The third-order valence-corrected chi connectivity index (χ3v) is 5.49. The monoisotopic (exact) mass is 334 g/mol. The minimum absolute atomic E-state index is 0.0790. The van der Waals surface area contributed by atoms with Crippen LogP contribution in [0, 0.1) is 0 Å². The highest BCUT2D eigenvalue weighted by Crippen LogP contribution is 2.41. The highest BCUT2D eigenvalue weighted by Gasteiger charge is 2.37. The number of rotatable bonds is 2. The summed E-state index contributed by atoms with van der Waals surface area (Å²) < 4.78 is 0. The summed E-state index contributed by atoms with van der Waals surface area (Å²) in [5.74, 6) is 0. The summed E-state index contributed by atoms with van der Waals surface area (Å²) in [4.78, 5) is 5.24. The van der Waals surface area contributed by atoms with Gasteiger partial charge in [0.15, 0.2) is 0 Å². The topological polar surface area (TPSA) is 72.2 Å². The number of aliphatic hydroxyl groups is 1. The molecule has 1 fully saturated rings. The Morgan fingerprint density at radius 2 is 1.56 bits per heavy atom. The largest absolute Gasteiger partial charge is 0.391 e. The fourth-order valence-electron chi connectivity index (χ4n) is 4.28. The van der Waals surface area contributed by atoms with Gasteiger partial charge in [0, 0.05) is 16.3 Å². The van der Waals surface area contributed by atoms with Crippen LogP contribution in [0.4, 0.5) is 11.4 Å². The van der Waals surface area contributed by atoms with Crippen LogP contribution in [0.3, 0.4) is 0 Å². The number of azide groups is 1. The lowest BCUT2D eigenvalue weighted by atomic mass is 9.86. The zero-order valence-electron chi connectivity index (χ0n) is 14.1. The Kier molecular flexibility index (Phi) is 4.35. The molecule has 25 heavy (non-hydrogen) atoms. The molecule has 2 aromatic rings. The molecule has 1 aliphatic heterocycles. The maximum atomic E-state index is 10.9. The Morgan fingerprint density at radius 1 is 0.960 bits per heavy atom. The van der Waals surface area contributed by atoms with Crippen LogP contribution in [-0.2, 0) is 12.8 Å². The van der Waals surface area contributed by atoms with E-state index in [1.165, 1.54) is 11.1 Å².